The Morgan fingerprint density at radius 3 is 2.58 bits per heavy atom. The van der Waals surface area contributed by atoms with Crippen LogP contribution in [0.3, 0.4) is 0 Å². The third kappa shape index (κ3) is 4.31. The van der Waals surface area contributed by atoms with Crippen molar-refractivity contribution in [2.45, 2.75) is 19.3 Å². The molecule has 0 saturated carbocycles. The number of unbranched alkanes of at least 4 members (excludes halogenated alkanes) is 1. The Morgan fingerprint density at radius 2 is 2.08 bits per heavy atom. The van der Waals surface area contributed by atoms with Crippen molar-refractivity contribution < 1.29 is 0 Å². The summed E-state index contributed by atoms with van der Waals surface area (Å²) in [6.07, 6.45) is 3.40. The summed E-state index contributed by atoms with van der Waals surface area (Å²) in [7, 11) is 0. The lowest BCUT2D eigenvalue weighted by Crippen LogP contribution is -1.98. The fraction of sp³-hybridized carbons (Fsp3) is 0.500. The summed E-state index contributed by atoms with van der Waals surface area (Å²) in [5.74, 6) is 0. The molecule has 0 unspecified atom stereocenters. The summed E-state index contributed by atoms with van der Waals surface area (Å²) in [4.78, 5) is 1.36. The Labute approximate surface area is 88.3 Å². The van der Waals surface area contributed by atoms with Gasteiger partial charge in [-0.2, -0.15) is 0 Å². The highest BCUT2D eigenvalue weighted by Crippen LogP contribution is 2.22. The van der Waals surface area contributed by atoms with Gasteiger partial charge in [0.2, 0.25) is 0 Å². The van der Waals surface area contributed by atoms with E-state index in [1.807, 2.05) is 6.07 Å². The highest BCUT2D eigenvalue weighted by Gasteiger charge is 1.96. The molecule has 1 aromatic heterocycles. The summed E-state index contributed by atoms with van der Waals surface area (Å²) >= 11 is 7.43. The Morgan fingerprint density at radius 1 is 1.33 bits per heavy atom. The van der Waals surface area contributed by atoms with Crippen LogP contribution in [0.4, 0.5) is 0 Å². The van der Waals surface area contributed by atoms with Crippen LogP contribution in [0.25, 0.3) is 0 Å². The second kappa shape index (κ2) is 6.72. The molecule has 1 rings (SSSR count). The molecule has 1 nitrogen and oxygen atoms in total. The number of thiophene rings is 1. The van der Waals surface area contributed by atoms with Crippen LogP contribution in [0, 0.1) is 0 Å². The molecular weight excluding hydrogens is 213 g/mol. The van der Waals surface area contributed by atoms with E-state index in [-0.39, 0.29) is 12.4 Å². The Balaban J connectivity index is 0.00000121. The molecule has 0 aliphatic carbocycles. The summed E-state index contributed by atoms with van der Waals surface area (Å²) in [5, 5.41) is 0. The van der Waals surface area contributed by atoms with Crippen LogP contribution in [0.1, 0.15) is 17.7 Å². The van der Waals surface area contributed by atoms with Gasteiger partial charge < -0.3 is 5.73 Å². The number of halogens is 2. The second-order valence-electron chi connectivity index (χ2n) is 2.45. The van der Waals surface area contributed by atoms with Crippen LogP contribution in [0.15, 0.2) is 12.1 Å². The van der Waals surface area contributed by atoms with Crippen LogP contribution < -0.4 is 5.73 Å². The maximum absolute atomic E-state index is 5.77. The highest BCUT2D eigenvalue weighted by molar-refractivity contribution is 7.16. The Bertz CT molecular complexity index is 213. The van der Waals surface area contributed by atoms with Crippen molar-refractivity contribution in [2.75, 3.05) is 6.54 Å². The summed E-state index contributed by atoms with van der Waals surface area (Å²) in [5.41, 5.74) is 5.38. The van der Waals surface area contributed by atoms with E-state index in [2.05, 4.69) is 6.07 Å². The van der Waals surface area contributed by atoms with Crippen molar-refractivity contribution in [1.82, 2.24) is 0 Å². The fourth-order valence-electron chi connectivity index (χ4n) is 0.930. The molecule has 0 spiro atoms. The molecule has 0 bridgehead atoms. The first-order valence-electron chi connectivity index (χ1n) is 3.77. The van der Waals surface area contributed by atoms with E-state index >= 15 is 0 Å². The maximum atomic E-state index is 5.77. The van der Waals surface area contributed by atoms with E-state index in [4.69, 9.17) is 17.3 Å². The predicted octanol–water partition coefficient (Wildman–Crippen LogP) is 3.10. The molecule has 0 saturated heterocycles. The molecule has 70 valence electrons. The minimum atomic E-state index is 0. The molecule has 2 N–H and O–H groups in total. The Hall–Kier alpha value is 0.240. The van der Waals surface area contributed by atoms with E-state index < -0.39 is 0 Å². The van der Waals surface area contributed by atoms with Gasteiger partial charge in [0.25, 0.3) is 0 Å². The van der Waals surface area contributed by atoms with Crippen molar-refractivity contribution in [1.29, 1.82) is 0 Å². The normalized spacial score (nSPS) is 9.50. The zero-order valence-electron chi connectivity index (χ0n) is 6.75. The van der Waals surface area contributed by atoms with Gasteiger partial charge in [-0.3, -0.25) is 0 Å². The number of nitrogens with two attached hydrogens (primary N) is 1. The van der Waals surface area contributed by atoms with Crippen molar-refractivity contribution in [3.05, 3.63) is 21.3 Å². The largest absolute Gasteiger partial charge is 0.330 e. The van der Waals surface area contributed by atoms with Crippen LogP contribution >= 0.6 is 35.3 Å². The predicted molar refractivity (Wildman–Crippen MR) is 58.6 cm³/mol. The third-order valence-electron chi connectivity index (χ3n) is 1.51. The number of hydrogen-bond donors (Lipinski definition) is 1. The van der Waals surface area contributed by atoms with Gasteiger partial charge in [-0.15, -0.1) is 23.7 Å². The lowest BCUT2D eigenvalue weighted by atomic mass is 10.2. The van der Waals surface area contributed by atoms with Gasteiger partial charge in [0.05, 0.1) is 4.34 Å². The van der Waals surface area contributed by atoms with Crippen molar-refractivity contribution >= 4 is 35.3 Å². The highest BCUT2D eigenvalue weighted by atomic mass is 35.5. The van der Waals surface area contributed by atoms with E-state index in [0.29, 0.717) is 0 Å². The van der Waals surface area contributed by atoms with E-state index in [1.165, 1.54) is 11.3 Å². The van der Waals surface area contributed by atoms with Gasteiger partial charge in [-0.05, 0) is 37.9 Å². The average Bonchev–Trinajstić information content (AvgIpc) is 2.37. The minimum Gasteiger partial charge on any atom is -0.330 e. The molecule has 0 atom stereocenters. The topological polar surface area (TPSA) is 26.0 Å². The van der Waals surface area contributed by atoms with Gasteiger partial charge in [0.15, 0.2) is 0 Å². The molecule has 0 radical (unpaired) electrons. The third-order valence-corrected chi connectivity index (χ3v) is 2.80. The summed E-state index contributed by atoms with van der Waals surface area (Å²) in [6.45, 7) is 0.791. The molecule has 0 aromatic carbocycles. The number of aryl methyl sites for hydroxylation is 1. The molecule has 0 aliphatic heterocycles. The van der Waals surface area contributed by atoms with Gasteiger partial charge in [-0.25, -0.2) is 0 Å². The minimum absolute atomic E-state index is 0. The molecule has 0 amide bonds. The van der Waals surface area contributed by atoms with Crippen LogP contribution in [-0.4, -0.2) is 6.54 Å². The van der Waals surface area contributed by atoms with Gasteiger partial charge >= 0.3 is 0 Å². The molecule has 1 aromatic rings. The SMILES string of the molecule is Cl.NCCCCc1ccc(Cl)s1. The lowest BCUT2D eigenvalue weighted by molar-refractivity contribution is 0.751. The smallest absolute Gasteiger partial charge is 0.0931 e. The van der Waals surface area contributed by atoms with Crippen molar-refractivity contribution in [3.63, 3.8) is 0 Å². The molecule has 1 heterocycles. The van der Waals surface area contributed by atoms with Gasteiger partial charge in [0, 0.05) is 4.88 Å². The molecular formula is C8H13Cl2NS. The molecule has 12 heavy (non-hydrogen) atoms. The molecule has 4 heteroatoms. The van der Waals surface area contributed by atoms with Crippen molar-refractivity contribution in [2.24, 2.45) is 5.73 Å². The molecule has 0 aliphatic rings. The van der Waals surface area contributed by atoms with Crippen molar-refractivity contribution in [3.8, 4) is 0 Å². The monoisotopic (exact) mass is 225 g/mol. The van der Waals surface area contributed by atoms with Gasteiger partial charge in [0.1, 0.15) is 0 Å². The second-order valence-corrected chi connectivity index (χ2v) is 4.25. The molecule has 0 fully saturated rings. The van der Waals surface area contributed by atoms with Gasteiger partial charge in [-0.1, -0.05) is 11.6 Å². The zero-order valence-corrected chi connectivity index (χ0v) is 9.14. The van der Waals surface area contributed by atoms with Crippen LogP contribution in [0.5, 0.6) is 0 Å². The first kappa shape index (κ1) is 12.2. The summed E-state index contributed by atoms with van der Waals surface area (Å²) < 4.78 is 0.882. The fourth-order valence-corrected chi connectivity index (χ4v) is 2.06. The van der Waals surface area contributed by atoms with Crippen LogP contribution in [0.2, 0.25) is 4.34 Å². The van der Waals surface area contributed by atoms with E-state index in [1.54, 1.807) is 11.3 Å². The van der Waals surface area contributed by atoms with E-state index in [0.717, 1.165) is 23.7 Å². The zero-order chi connectivity index (χ0) is 8.10. The number of rotatable bonds is 4. The van der Waals surface area contributed by atoms with Crippen LogP contribution in [-0.2, 0) is 6.42 Å². The standard InChI is InChI=1S/C8H12ClNS.ClH/c9-8-5-4-7(11-8)3-1-2-6-10;/h4-5H,1-3,6,10H2;1H. The average molecular weight is 226 g/mol. The lowest BCUT2D eigenvalue weighted by Gasteiger charge is -1.93. The maximum Gasteiger partial charge on any atom is 0.0931 e. The quantitative estimate of drug-likeness (QED) is 0.784. The first-order valence-corrected chi connectivity index (χ1v) is 4.96. The number of hydrogen-bond acceptors (Lipinski definition) is 2. The Kier molecular flexibility index (Phi) is 6.86. The first-order chi connectivity index (χ1) is 5.33. The van der Waals surface area contributed by atoms with E-state index in [9.17, 15) is 0 Å². The summed E-state index contributed by atoms with van der Waals surface area (Å²) in [6, 6.07) is 4.04.